The summed E-state index contributed by atoms with van der Waals surface area (Å²) in [5, 5.41) is 1.08. The van der Waals surface area contributed by atoms with Crippen LogP contribution in [0, 0.1) is 5.92 Å². The molecule has 1 saturated carbocycles. The largest absolute Gasteiger partial charge is 0.303 e. The Bertz CT molecular complexity index is 512. The highest BCUT2D eigenvalue weighted by molar-refractivity contribution is 7.13. The van der Waals surface area contributed by atoms with Crippen molar-refractivity contribution in [3.05, 3.63) is 15.6 Å². The fourth-order valence-corrected chi connectivity index (χ4v) is 4.13. The predicted molar refractivity (Wildman–Crippen MR) is 84.3 cm³/mol. The van der Waals surface area contributed by atoms with Crippen LogP contribution in [0.5, 0.6) is 0 Å². The van der Waals surface area contributed by atoms with Crippen LogP contribution < -0.4 is 11.3 Å². The van der Waals surface area contributed by atoms with Crippen molar-refractivity contribution in [2.45, 2.75) is 44.9 Å². The Kier molecular flexibility index (Phi) is 4.57. The fourth-order valence-electron chi connectivity index (χ4n) is 3.09. The number of nitrogens with one attached hydrogen (secondary N) is 1. The molecule has 1 saturated heterocycles. The van der Waals surface area contributed by atoms with Crippen LogP contribution in [-0.2, 0) is 6.42 Å². The minimum Gasteiger partial charge on any atom is -0.303 e. The molecule has 2 fully saturated rings. The van der Waals surface area contributed by atoms with Gasteiger partial charge in [-0.05, 0) is 38.1 Å². The van der Waals surface area contributed by atoms with Gasteiger partial charge in [-0.3, -0.25) is 10.2 Å². The van der Waals surface area contributed by atoms with Gasteiger partial charge in [0.15, 0.2) is 0 Å². The first kappa shape index (κ1) is 14.9. The maximum absolute atomic E-state index is 11.9. The highest BCUT2D eigenvalue weighted by Gasteiger charge is 2.32. The van der Waals surface area contributed by atoms with E-state index in [0.717, 1.165) is 47.3 Å². The lowest BCUT2D eigenvalue weighted by Crippen LogP contribution is -2.35. The molecule has 0 radical (unpaired) electrons. The van der Waals surface area contributed by atoms with Crippen molar-refractivity contribution in [1.82, 2.24) is 15.3 Å². The summed E-state index contributed by atoms with van der Waals surface area (Å²) < 4.78 is 0. The number of rotatable bonds is 5. The first-order valence-electron chi connectivity index (χ1n) is 7.90. The zero-order valence-electron chi connectivity index (χ0n) is 12.6. The average molecular weight is 308 g/mol. The molecule has 1 unspecified atom stereocenters. The van der Waals surface area contributed by atoms with Gasteiger partial charge in [0, 0.05) is 25.4 Å². The van der Waals surface area contributed by atoms with Gasteiger partial charge in [-0.2, -0.15) is 0 Å². The Hall–Kier alpha value is -0.980. The highest BCUT2D eigenvalue weighted by Crippen LogP contribution is 2.42. The van der Waals surface area contributed by atoms with Crippen molar-refractivity contribution in [3.8, 4) is 0 Å². The molecule has 0 bridgehead atoms. The van der Waals surface area contributed by atoms with Crippen molar-refractivity contribution in [2.24, 2.45) is 11.8 Å². The molecule has 0 spiro atoms. The van der Waals surface area contributed by atoms with Crippen LogP contribution in [0.4, 0.5) is 0 Å². The molecule has 1 amide bonds. The van der Waals surface area contributed by atoms with E-state index in [9.17, 15) is 4.79 Å². The Morgan fingerprint density at radius 2 is 2.29 bits per heavy atom. The minimum atomic E-state index is -0.188. The number of carbonyl (C=O) groups excluding carboxylic acids is 1. The lowest BCUT2D eigenvalue weighted by Gasteiger charge is -2.30. The lowest BCUT2D eigenvalue weighted by atomic mass is 10.0. The van der Waals surface area contributed by atoms with Gasteiger partial charge in [-0.25, -0.2) is 10.8 Å². The lowest BCUT2D eigenvalue weighted by molar-refractivity contribution is 0.0956. The van der Waals surface area contributed by atoms with E-state index in [-0.39, 0.29) is 5.91 Å². The number of carbonyl (C=O) groups is 1. The van der Waals surface area contributed by atoms with Crippen molar-refractivity contribution in [2.75, 3.05) is 19.6 Å². The smallest absolute Gasteiger partial charge is 0.277 e. The van der Waals surface area contributed by atoms with Gasteiger partial charge in [0.2, 0.25) is 0 Å². The second kappa shape index (κ2) is 6.42. The molecule has 1 aliphatic carbocycles. The topological polar surface area (TPSA) is 71.2 Å². The molecular weight excluding hydrogens is 284 g/mol. The molecule has 1 aromatic heterocycles. The number of hydrazine groups is 1. The first-order valence-corrected chi connectivity index (χ1v) is 8.72. The molecular formula is C15H24N4OS. The van der Waals surface area contributed by atoms with E-state index in [2.05, 4.69) is 17.2 Å². The van der Waals surface area contributed by atoms with Crippen LogP contribution in [0.25, 0.3) is 0 Å². The quantitative estimate of drug-likeness (QED) is 0.495. The standard InChI is InChI=1S/C15H24N4OS/c1-10-3-2-7-19(9-10)8-6-12-17-13(11-4-5-11)14(21-12)15(20)18-16/h10-11H,2-9,16H2,1H3,(H,18,20). The number of hydrogen-bond acceptors (Lipinski definition) is 5. The molecule has 116 valence electrons. The molecule has 2 heterocycles. The summed E-state index contributed by atoms with van der Waals surface area (Å²) in [5.41, 5.74) is 3.23. The van der Waals surface area contributed by atoms with Gasteiger partial charge in [-0.15, -0.1) is 11.3 Å². The van der Waals surface area contributed by atoms with Gasteiger partial charge >= 0.3 is 0 Å². The molecule has 3 rings (SSSR count). The van der Waals surface area contributed by atoms with E-state index in [0.29, 0.717) is 5.92 Å². The second-order valence-electron chi connectivity index (χ2n) is 6.37. The first-order chi connectivity index (χ1) is 10.2. The Balaban J connectivity index is 1.64. The van der Waals surface area contributed by atoms with Crippen LogP contribution in [0.15, 0.2) is 0 Å². The van der Waals surface area contributed by atoms with Crippen molar-refractivity contribution >= 4 is 17.2 Å². The third kappa shape index (κ3) is 3.62. The van der Waals surface area contributed by atoms with E-state index in [1.165, 1.54) is 37.3 Å². The van der Waals surface area contributed by atoms with Crippen LogP contribution in [0.2, 0.25) is 0 Å². The summed E-state index contributed by atoms with van der Waals surface area (Å²) in [6.07, 6.45) is 5.89. The van der Waals surface area contributed by atoms with Crippen LogP contribution in [0.1, 0.15) is 58.9 Å². The number of nitrogens with two attached hydrogens (primary N) is 1. The van der Waals surface area contributed by atoms with Gasteiger partial charge in [0.25, 0.3) is 5.91 Å². The molecule has 1 aliphatic heterocycles. The van der Waals surface area contributed by atoms with Gasteiger partial charge in [-0.1, -0.05) is 6.92 Å². The fraction of sp³-hybridized carbons (Fsp3) is 0.733. The Morgan fingerprint density at radius 1 is 1.48 bits per heavy atom. The summed E-state index contributed by atoms with van der Waals surface area (Å²) >= 11 is 1.52. The maximum atomic E-state index is 11.9. The molecule has 21 heavy (non-hydrogen) atoms. The highest BCUT2D eigenvalue weighted by atomic mass is 32.1. The number of nitrogens with zero attached hydrogens (tertiary/aromatic N) is 2. The normalized spacial score (nSPS) is 23.2. The van der Waals surface area contributed by atoms with Gasteiger partial charge < -0.3 is 4.90 Å². The van der Waals surface area contributed by atoms with E-state index >= 15 is 0 Å². The monoisotopic (exact) mass is 308 g/mol. The minimum absolute atomic E-state index is 0.188. The maximum Gasteiger partial charge on any atom is 0.277 e. The Labute approximate surface area is 129 Å². The molecule has 6 heteroatoms. The van der Waals surface area contributed by atoms with E-state index in [1.807, 2.05) is 0 Å². The van der Waals surface area contributed by atoms with Crippen LogP contribution in [0.3, 0.4) is 0 Å². The second-order valence-corrected chi connectivity index (χ2v) is 7.45. The summed E-state index contributed by atoms with van der Waals surface area (Å²) in [6, 6.07) is 0. The van der Waals surface area contributed by atoms with Gasteiger partial charge in [0.1, 0.15) is 4.88 Å². The summed E-state index contributed by atoms with van der Waals surface area (Å²) in [6.45, 7) is 5.76. The van der Waals surface area contributed by atoms with Crippen LogP contribution in [-0.4, -0.2) is 35.4 Å². The molecule has 1 atom stereocenters. The SMILES string of the molecule is CC1CCCN(CCc2nc(C3CC3)c(C(=O)NN)s2)C1. The third-order valence-corrected chi connectivity index (χ3v) is 5.51. The Morgan fingerprint density at radius 3 is 2.95 bits per heavy atom. The number of likely N-dealkylation sites (tertiary alicyclic amines) is 1. The number of nitrogen functional groups attached to an aromatic ring is 1. The number of aromatic nitrogens is 1. The number of piperidine rings is 1. The molecule has 0 aromatic carbocycles. The number of hydrogen-bond donors (Lipinski definition) is 2. The summed E-state index contributed by atoms with van der Waals surface area (Å²) in [4.78, 5) is 19.8. The summed E-state index contributed by atoms with van der Waals surface area (Å²) in [5.74, 6) is 6.38. The average Bonchev–Trinajstić information content (AvgIpc) is 3.24. The van der Waals surface area contributed by atoms with Crippen LogP contribution >= 0.6 is 11.3 Å². The molecule has 3 N–H and O–H groups in total. The van der Waals surface area contributed by atoms with E-state index < -0.39 is 0 Å². The number of thiazole rings is 1. The predicted octanol–water partition coefficient (Wildman–Crippen LogP) is 1.90. The van der Waals surface area contributed by atoms with E-state index in [1.54, 1.807) is 0 Å². The zero-order chi connectivity index (χ0) is 14.8. The van der Waals surface area contributed by atoms with Crippen molar-refractivity contribution in [3.63, 3.8) is 0 Å². The summed E-state index contributed by atoms with van der Waals surface area (Å²) in [7, 11) is 0. The van der Waals surface area contributed by atoms with Gasteiger partial charge in [0.05, 0.1) is 10.7 Å². The zero-order valence-corrected chi connectivity index (χ0v) is 13.4. The van der Waals surface area contributed by atoms with Crippen molar-refractivity contribution < 1.29 is 4.79 Å². The third-order valence-electron chi connectivity index (χ3n) is 4.38. The molecule has 5 nitrogen and oxygen atoms in total. The van der Waals surface area contributed by atoms with E-state index in [4.69, 9.17) is 10.8 Å². The van der Waals surface area contributed by atoms with Crippen molar-refractivity contribution in [1.29, 1.82) is 0 Å². The molecule has 1 aromatic rings. The number of amides is 1. The molecule has 2 aliphatic rings.